The molecular weight excluding hydrogens is 339 g/mol. The van der Waals surface area contributed by atoms with Crippen molar-refractivity contribution in [2.45, 2.75) is 6.92 Å². The number of ketones is 2. The maximum absolute atomic E-state index is 13.0. The van der Waals surface area contributed by atoms with E-state index >= 15 is 0 Å². The first-order chi connectivity index (χ1) is 12.0. The summed E-state index contributed by atoms with van der Waals surface area (Å²) in [6.07, 6.45) is 0. The highest BCUT2D eigenvalue weighted by Crippen LogP contribution is 2.29. The van der Waals surface area contributed by atoms with Crippen LogP contribution >= 0.6 is 11.3 Å². The van der Waals surface area contributed by atoms with Crippen molar-refractivity contribution in [2.24, 2.45) is 0 Å². The zero-order chi connectivity index (χ0) is 18.0. The summed E-state index contributed by atoms with van der Waals surface area (Å²) in [6.45, 7) is 1.82. The zero-order valence-corrected chi connectivity index (χ0v) is 14.5. The number of methoxy groups -OCH3 is 1. The second-order valence-electron chi connectivity index (χ2n) is 5.51. The molecule has 0 spiro atoms. The Balaban J connectivity index is 1.84. The molecule has 0 amide bonds. The van der Waals surface area contributed by atoms with Gasteiger partial charge in [-0.15, -0.1) is 11.3 Å². The fourth-order valence-corrected chi connectivity index (χ4v) is 3.44. The minimum absolute atomic E-state index is 0.318. The predicted octanol–water partition coefficient (Wildman–Crippen LogP) is 4.94. The molecule has 3 nitrogen and oxygen atoms in total. The van der Waals surface area contributed by atoms with Crippen molar-refractivity contribution in [3.8, 4) is 16.2 Å². The fourth-order valence-electron chi connectivity index (χ4n) is 2.49. The Morgan fingerprint density at radius 2 is 1.68 bits per heavy atom. The van der Waals surface area contributed by atoms with Gasteiger partial charge in [0, 0.05) is 10.4 Å². The van der Waals surface area contributed by atoms with E-state index in [2.05, 4.69) is 0 Å². The van der Waals surface area contributed by atoms with E-state index in [0.29, 0.717) is 16.2 Å². The molecule has 1 aromatic heterocycles. The number of hydrogen-bond donors (Lipinski definition) is 0. The minimum atomic E-state index is -0.557. The Morgan fingerprint density at radius 1 is 0.960 bits per heavy atom. The van der Waals surface area contributed by atoms with Crippen molar-refractivity contribution in [1.82, 2.24) is 0 Å². The molecule has 0 aliphatic heterocycles. The average molecular weight is 354 g/mol. The molecule has 25 heavy (non-hydrogen) atoms. The standard InChI is InChI=1S/C20H15FO3S/c1-12-11-14(5-8-16(12)24-2)19(22)20(23)18-10-9-17(25-18)13-3-6-15(21)7-4-13/h3-11H,1-2H3. The van der Waals surface area contributed by atoms with Gasteiger partial charge in [-0.05, 0) is 60.5 Å². The molecule has 0 aliphatic rings. The zero-order valence-electron chi connectivity index (χ0n) is 13.7. The third-order valence-electron chi connectivity index (χ3n) is 3.82. The molecule has 0 saturated carbocycles. The second-order valence-corrected chi connectivity index (χ2v) is 6.60. The highest BCUT2D eigenvalue weighted by atomic mass is 32.1. The monoisotopic (exact) mass is 354 g/mol. The van der Waals surface area contributed by atoms with Crippen molar-refractivity contribution in [3.05, 3.63) is 76.4 Å². The molecule has 0 radical (unpaired) electrons. The number of hydrogen-bond acceptors (Lipinski definition) is 4. The first kappa shape index (κ1) is 17.0. The molecule has 3 aromatic rings. The van der Waals surface area contributed by atoms with E-state index in [9.17, 15) is 14.0 Å². The van der Waals surface area contributed by atoms with Crippen molar-refractivity contribution in [3.63, 3.8) is 0 Å². The summed E-state index contributed by atoms with van der Waals surface area (Å²) in [5.74, 6) is -0.762. The van der Waals surface area contributed by atoms with Crippen LogP contribution < -0.4 is 4.74 Å². The van der Waals surface area contributed by atoms with E-state index in [1.54, 1.807) is 49.6 Å². The summed E-state index contributed by atoms with van der Waals surface area (Å²) in [6, 6.07) is 14.3. The topological polar surface area (TPSA) is 43.4 Å². The first-order valence-corrected chi connectivity index (χ1v) is 8.40. The maximum Gasteiger partial charge on any atom is 0.243 e. The van der Waals surface area contributed by atoms with Crippen molar-refractivity contribution < 1.29 is 18.7 Å². The van der Waals surface area contributed by atoms with E-state index in [4.69, 9.17) is 4.74 Å². The predicted molar refractivity (Wildman–Crippen MR) is 96.1 cm³/mol. The van der Waals surface area contributed by atoms with Gasteiger partial charge in [0.15, 0.2) is 0 Å². The van der Waals surface area contributed by atoms with Gasteiger partial charge in [-0.3, -0.25) is 9.59 Å². The molecule has 0 fully saturated rings. The van der Waals surface area contributed by atoms with Crippen molar-refractivity contribution >= 4 is 22.9 Å². The van der Waals surface area contributed by atoms with Crippen LogP contribution in [-0.4, -0.2) is 18.7 Å². The summed E-state index contributed by atoms with van der Waals surface area (Å²) in [5.41, 5.74) is 1.93. The highest BCUT2D eigenvalue weighted by Gasteiger charge is 2.21. The lowest BCUT2D eigenvalue weighted by atomic mass is 10.0. The third kappa shape index (κ3) is 3.51. The lowest BCUT2D eigenvalue weighted by molar-refractivity contribution is 0.0819. The number of rotatable bonds is 5. The van der Waals surface area contributed by atoms with Gasteiger partial charge in [0.05, 0.1) is 12.0 Å². The summed E-state index contributed by atoms with van der Waals surface area (Å²) in [4.78, 5) is 26.1. The number of benzene rings is 2. The van der Waals surface area contributed by atoms with Crippen LogP contribution in [0.4, 0.5) is 4.39 Å². The molecule has 3 rings (SSSR count). The SMILES string of the molecule is COc1ccc(C(=O)C(=O)c2ccc(-c3ccc(F)cc3)s2)cc1C. The van der Waals surface area contributed by atoms with E-state index in [-0.39, 0.29) is 5.82 Å². The minimum Gasteiger partial charge on any atom is -0.496 e. The molecule has 2 aromatic carbocycles. The fraction of sp³-hybridized carbons (Fsp3) is 0.100. The van der Waals surface area contributed by atoms with Gasteiger partial charge in [0.1, 0.15) is 11.6 Å². The van der Waals surface area contributed by atoms with E-state index in [1.165, 1.54) is 23.5 Å². The first-order valence-electron chi connectivity index (χ1n) is 7.59. The molecule has 5 heteroatoms. The van der Waals surface area contributed by atoms with E-state index < -0.39 is 11.6 Å². The molecule has 1 heterocycles. The lowest BCUT2D eigenvalue weighted by Crippen LogP contribution is -2.13. The van der Waals surface area contributed by atoms with Crippen molar-refractivity contribution in [2.75, 3.05) is 7.11 Å². The van der Waals surface area contributed by atoms with Gasteiger partial charge in [0.25, 0.3) is 0 Å². The normalized spacial score (nSPS) is 10.5. The van der Waals surface area contributed by atoms with Crippen LogP contribution in [0.15, 0.2) is 54.6 Å². The Morgan fingerprint density at radius 3 is 2.32 bits per heavy atom. The van der Waals surface area contributed by atoms with Gasteiger partial charge in [-0.25, -0.2) is 4.39 Å². The van der Waals surface area contributed by atoms with Gasteiger partial charge < -0.3 is 4.74 Å². The average Bonchev–Trinajstić information content (AvgIpc) is 3.11. The van der Waals surface area contributed by atoms with Crippen LogP contribution in [0.25, 0.3) is 10.4 Å². The van der Waals surface area contributed by atoms with Crippen LogP contribution in [0.3, 0.4) is 0 Å². The van der Waals surface area contributed by atoms with Gasteiger partial charge in [0.2, 0.25) is 11.6 Å². The highest BCUT2D eigenvalue weighted by molar-refractivity contribution is 7.18. The second kappa shape index (κ2) is 6.99. The Kier molecular flexibility index (Phi) is 4.76. The molecule has 0 N–H and O–H groups in total. The van der Waals surface area contributed by atoms with Gasteiger partial charge >= 0.3 is 0 Å². The molecular formula is C20H15FO3S. The van der Waals surface area contributed by atoms with Crippen molar-refractivity contribution in [1.29, 1.82) is 0 Å². The van der Waals surface area contributed by atoms with E-state index in [0.717, 1.165) is 16.0 Å². The van der Waals surface area contributed by atoms with Gasteiger partial charge in [-0.1, -0.05) is 12.1 Å². The number of ether oxygens (including phenoxy) is 1. The Hall–Kier alpha value is -2.79. The number of carbonyl (C=O) groups excluding carboxylic acids is 2. The van der Waals surface area contributed by atoms with E-state index in [1.807, 2.05) is 6.92 Å². The summed E-state index contributed by atoms with van der Waals surface area (Å²) in [7, 11) is 1.55. The summed E-state index contributed by atoms with van der Waals surface area (Å²) < 4.78 is 18.2. The number of Topliss-reactive ketones (excluding diaryl/α,β-unsaturated/α-hetero) is 2. The Bertz CT molecular complexity index is 942. The maximum atomic E-state index is 13.0. The van der Waals surface area contributed by atoms with Crippen LogP contribution in [-0.2, 0) is 0 Å². The largest absolute Gasteiger partial charge is 0.496 e. The van der Waals surface area contributed by atoms with Crippen LogP contribution in [0.2, 0.25) is 0 Å². The van der Waals surface area contributed by atoms with Crippen LogP contribution in [0.1, 0.15) is 25.6 Å². The molecule has 0 saturated heterocycles. The quantitative estimate of drug-likeness (QED) is 0.482. The Labute approximate surface area is 148 Å². The number of thiophene rings is 1. The lowest BCUT2D eigenvalue weighted by Gasteiger charge is -2.06. The van der Waals surface area contributed by atoms with Crippen LogP contribution in [0.5, 0.6) is 5.75 Å². The number of aryl methyl sites for hydroxylation is 1. The smallest absolute Gasteiger partial charge is 0.243 e. The summed E-state index contributed by atoms with van der Waals surface area (Å²) >= 11 is 1.22. The third-order valence-corrected chi connectivity index (χ3v) is 4.95. The molecule has 126 valence electrons. The molecule has 0 unspecified atom stereocenters. The number of carbonyl (C=O) groups is 2. The van der Waals surface area contributed by atoms with Crippen LogP contribution in [0, 0.1) is 12.7 Å². The molecule has 0 bridgehead atoms. The number of halogens is 1. The molecule has 0 aliphatic carbocycles. The summed E-state index contributed by atoms with van der Waals surface area (Å²) in [5, 5.41) is 0. The van der Waals surface area contributed by atoms with Gasteiger partial charge in [-0.2, -0.15) is 0 Å². The molecule has 0 atom stereocenters.